The predicted octanol–water partition coefficient (Wildman–Crippen LogP) is 2.72. The quantitative estimate of drug-likeness (QED) is 0.691. The molecule has 1 N–H and O–H groups in total. The molecule has 1 fully saturated rings. The van der Waals surface area contributed by atoms with Gasteiger partial charge in [-0.15, -0.1) is 0 Å². The van der Waals surface area contributed by atoms with Crippen LogP contribution in [0.5, 0.6) is 0 Å². The van der Waals surface area contributed by atoms with Gasteiger partial charge in [-0.25, -0.2) is 14.8 Å². The molecular formula is C15H17N3O3S. The lowest BCUT2D eigenvalue weighted by molar-refractivity contribution is 0.0694. The van der Waals surface area contributed by atoms with E-state index in [0.717, 1.165) is 25.7 Å². The predicted molar refractivity (Wildman–Crippen MR) is 84.7 cm³/mol. The van der Waals surface area contributed by atoms with Crippen LogP contribution in [0.4, 0.5) is 0 Å². The number of carboxylic acid groups (broad SMARTS) is 1. The third-order valence-corrected chi connectivity index (χ3v) is 4.69. The molecule has 0 atom stereocenters. The number of hydrogen-bond donors (Lipinski definition) is 1. The molecule has 0 amide bonds. The maximum atomic E-state index is 12.3. The average Bonchev–Trinajstić information content (AvgIpc) is 2.55. The topological polar surface area (TPSA) is 85.1 Å². The third-order valence-electron chi connectivity index (χ3n) is 4.13. The molecule has 2 aromatic heterocycles. The Kier molecular flexibility index (Phi) is 4.15. The zero-order valence-corrected chi connectivity index (χ0v) is 13.1. The summed E-state index contributed by atoms with van der Waals surface area (Å²) in [5.74, 6) is -1.20. The normalized spacial score (nSPS) is 16.0. The molecule has 1 aliphatic carbocycles. The van der Waals surface area contributed by atoms with Crippen LogP contribution >= 0.6 is 11.8 Å². The van der Waals surface area contributed by atoms with Gasteiger partial charge < -0.3 is 9.67 Å². The molecule has 0 aromatic carbocycles. The number of fused-ring (bicyclic) bond motifs is 1. The van der Waals surface area contributed by atoms with E-state index < -0.39 is 11.4 Å². The highest BCUT2D eigenvalue weighted by atomic mass is 32.2. The second-order valence-electron chi connectivity index (χ2n) is 5.47. The zero-order valence-electron chi connectivity index (χ0n) is 12.3. The maximum absolute atomic E-state index is 12.3. The van der Waals surface area contributed by atoms with E-state index in [1.54, 1.807) is 0 Å². The molecule has 0 radical (unpaired) electrons. The number of pyridine rings is 1. The lowest BCUT2D eigenvalue weighted by Gasteiger charge is -2.26. The van der Waals surface area contributed by atoms with E-state index in [-0.39, 0.29) is 17.0 Å². The third kappa shape index (κ3) is 2.61. The number of thioether (sulfide) groups is 1. The van der Waals surface area contributed by atoms with E-state index in [0.29, 0.717) is 10.8 Å². The van der Waals surface area contributed by atoms with E-state index in [1.165, 1.54) is 30.6 Å². The number of aromatic carboxylic acids is 1. The first-order valence-electron chi connectivity index (χ1n) is 7.31. The molecule has 6 nitrogen and oxygen atoms in total. The van der Waals surface area contributed by atoms with Crippen molar-refractivity contribution < 1.29 is 9.90 Å². The molecule has 0 bridgehead atoms. The van der Waals surface area contributed by atoms with Gasteiger partial charge in [0, 0.05) is 18.4 Å². The van der Waals surface area contributed by atoms with Crippen LogP contribution in [0.2, 0.25) is 0 Å². The SMILES string of the molecule is CSc1ncc2c(=O)c(C(=O)O)cn(C3CCCCC3)c2n1. The fourth-order valence-corrected chi connectivity index (χ4v) is 3.34. The highest BCUT2D eigenvalue weighted by Crippen LogP contribution is 2.30. The molecule has 2 heterocycles. The molecule has 2 aromatic rings. The number of hydrogen-bond acceptors (Lipinski definition) is 5. The van der Waals surface area contributed by atoms with Crippen molar-refractivity contribution in [2.75, 3.05) is 6.26 Å². The Morgan fingerprint density at radius 2 is 2.09 bits per heavy atom. The first-order chi connectivity index (χ1) is 10.6. The molecule has 3 rings (SSSR count). The molecule has 1 aliphatic rings. The van der Waals surface area contributed by atoms with Crippen molar-refractivity contribution in [1.29, 1.82) is 0 Å². The van der Waals surface area contributed by atoms with Crippen molar-refractivity contribution in [2.45, 2.75) is 43.3 Å². The van der Waals surface area contributed by atoms with Gasteiger partial charge in [-0.1, -0.05) is 31.0 Å². The summed E-state index contributed by atoms with van der Waals surface area (Å²) < 4.78 is 1.88. The van der Waals surface area contributed by atoms with Crippen LogP contribution in [0.25, 0.3) is 11.0 Å². The smallest absolute Gasteiger partial charge is 0.341 e. The van der Waals surface area contributed by atoms with E-state index in [2.05, 4.69) is 9.97 Å². The second kappa shape index (κ2) is 6.08. The van der Waals surface area contributed by atoms with E-state index in [9.17, 15) is 14.7 Å². The molecule has 0 unspecified atom stereocenters. The van der Waals surface area contributed by atoms with Crippen LogP contribution in [0, 0.1) is 0 Å². The highest BCUT2D eigenvalue weighted by molar-refractivity contribution is 7.98. The number of rotatable bonds is 3. The Bertz CT molecular complexity index is 781. The molecule has 0 aliphatic heterocycles. The Balaban J connectivity index is 2.28. The number of carbonyl (C=O) groups is 1. The van der Waals surface area contributed by atoms with Crippen LogP contribution < -0.4 is 5.43 Å². The largest absolute Gasteiger partial charge is 0.477 e. The van der Waals surface area contributed by atoms with Gasteiger partial charge in [0.15, 0.2) is 5.16 Å². The van der Waals surface area contributed by atoms with Crippen molar-refractivity contribution in [2.24, 2.45) is 0 Å². The minimum atomic E-state index is -1.20. The lowest BCUT2D eigenvalue weighted by Crippen LogP contribution is -2.23. The molecule has 116 valence electrons. The monoisotopic (exact) mass is 319 g/mol. The van der Waals surface area contributed by atoms with Crippen molar-refractivity contribution in [3.05, 3.63) is 28.2 Å². The zero-order chi connectivity index (χ0) is 15.7. The van der Waals surface area contributed by atoms with Gasteiger partial charge in [-0.05, 0) is 19.1 Å². The van der Waals surface area contributed by atoms with Gasteiger partial charge in [-0.2, -0.15) is 0 Å². The van der Waals surface area contributed by atoms with Crippen LogP contribution in [0.1, 0.15) is 48.5 Å². The average molecular weight is 319 g/mol. The maximum Gasteiger partial charge on any atom is 0.341 e. The second-order valence-corrected chi connectivity index (χ2v) is 6.24. The molecule has 1 saturated carbocycles. The van der Waals surface area contributed by atoms with E-state index in [1.807, 2.05) is 10.8 Å². The van der Waals surface area contributed by atoms with Crippen LogP contribution in [0.3, 0.4) is 0 Å². The summed E-state index contributed by atoms with van der Waals surface area (Å²) >= 11 is 1.40. The van der Waals surface area contributed by atoms with Crippen molar-refractivity contribution >= 4 is 28.8 Å². The molecule has 7 heteroatoms. The summed E-state index contributed by atoms with van der Waals surface area (Å²) in [5.41, 5.74) is -0.179. The van der Waals surface area contributed by atoms with Crippen molar-refractivity contribution in [3.63, 3.8) is 0 Å². The molecular weight excluding hydrogens is 302 g/mol. The fraction of sp³-hybridized carbons (Fsp3) is 0.467. The van der Waals surface area contributed by atoms with Crippen molar-refractivity contribution in [1.82, 2.24) is 14.5 Å². The summed E-state index contributed by atoms with van der Waals surface area (Å²) in [5, 5.41) is 10.2. The first-order valence-corrected chi connectivity index (χ1v) is 8.53. The fourth-order valence-electron chi connectivity index (χ4n) is 3.01. The molecule has 22 heavy (non-hydrogen) atoms. The minimum absolute atomic E-state index is 0.194. The van der Waals surface area contributed by atoms with Gasteiger partial charge in [0.25, 0.3) is 0 Å². The summed E-state index contributed by atoms with van der Waals surface area (Å²) in [4.78, 5) is 32.3. The Labute approximate surface area is 131 Å². The van der Waals surface area contributed by atoms with E-state index >= 15 is 0 Å². The van der Waals surface area contributed by atoms with Gasteiger partial charge in [-0.3, -0.25) is 4.79 Å². The van der Waals surface area contributed by atoms with Gasteiger partial charge in [0.05, 0.1) is 5.39 Å². The van der Waals surface area contributed by atoms with Gasteiger partial charge in [0.2, 0.25) is 5.43 Å². The summed E-state index contributed by atoms with van der Waals surface area (Å²) in [6.45, 7) is 0. The van der Waals surface area contributed by atoms with Gasteiger partial charge >= 0.3 is 5.97 Å². The standard InChI is InChI=1S/C15H17N3O3S/c1-22-15-16-7-10-12(19)11(14(20)21)8-18(13(10)17-15)9-5-3-2-4-6-9/h7-9H,2-6H2,1H3,(H,20,21). The number of nitrogens with zero attached hydrogens (tertiary/aromatic N) is 3. The minimum Gasteiger partial charge on any atom is -0.477 e. The Morgan fingerprint density at radius 3 is 2.73 bits per heavy atom. The lowest BCUT2D eigenvalue weighted by atomic mass is 9.95. The number of aromatic nitrogens is 3. The summed E-state index contributed by atoms with van der Waals surface area (Å²) in [6.07, 6.45) is 10.2. The molecule has 0 spiro atoms. The number of carboxylic acids is 1. The Morgan fingerprint density at radius 1 is 1.36 bits per heavy atom. The first kappa shape index (κ1) is 15.0. The van der Waals surface area contributed by atoms with E-state index in [4.69, 9.17) is 0 Å². The summed E-state index contributed by atoms with van der Waals surface area (Å²) in [7, 11) is 0. The molecule has 0 saturated heterocycles. The van der Waals surface area contributed by atoms with Gasteiger partial charge in [0.1, 0.15) is 11.2 Å². The van der Waals surface area contributed by atoms with Crippen LogP contribution in [-0.4, -0.2) is 31.9 Å². The highest BCUT2D eigenvalue weighted by Gasteiger charge is 2.22. The Hall–Kier alpha value is -1.89. The van der Waals surface area contributed by atoms with Crippen molar-refractivity contribution in [3.8, 4) is 0 Å². The van der Waals surface area contributed by atoms with Crippen LogP contribution in [-0.2, 0) is 0 Å². The van der Waals surface area contributed by atoms with Crippen LogP contribution in [0.15, 0.2) is 22.3 Å². The summed E-state index contributed by atoms with van der Waals surface area (Å²) in [6, 6.07) is 0.194.